The predicted octanol–water partition coefficient (Wildman–Crippen LogP) is 3.71. The average molecular weight is 469 g/mol. The predicted molar refractivity (Wildman–Crippen MR) is 133 cm³/mol. The maximum atomic E-state index is 13.4. The Balaban J connectivity index is 1.25. The summed E-state index contributed by atoms with van der Waals surface area (Å²) in [7, 11) is 0. The molecule has 8 nitrogen and oxygen atoms in total. The Labute approximate surface area is 204 Å². The second-order valence-electron chi connectivity index (χ2n) is 8.77. The smallest absolute Gasteiger partial charge is 0.257 e. The van der Waals surface area contributed by atoms with Crippen molar-refractivity contribution >= 4 is 11.8 Å². The van der Waals surface area contributed by atoms with E-state index in [2.05, 4.69) is 15.5 Å². The van der Waals surface area contributed by atoms with Crippen LogP contribution in [-0.2, 0) is 0 Å². The molecule has 178 valence electrons. The van der Waals surface area contributed by atoms with E-state index in [1.54, 1.807) is 21.8 Å². The Morgan fingerprint density at radius 2 is 1.37 bits per heavy atom. The SMILES string of the molecule is Cc1c(C(=O)NCCN(C(=O)c2cnn(-c3ccccc3)c2C)C2CC2)cnn1-c1ccccc1. The molecule has 0 spiro atoms. The highest BCUT2D eigenvalue weighted by Gasteiger charge is 2.34. The summed E-state index contributed by atoms with van der Waals surface area (Å²) in [6, 6.07) is 19.7. The van der Waals surface area contributed by atoms with Gasteiger partial charge < -0.3 is 10.2 Å². The van der Waals surface area contributed by atoms with Gasteiger partial charge in [0.1, 0.15) is 0 Å². The second-order valence-corrected chi connectivity index (χ2v) is 8.77. The molecule has 1 fully saturated rings. The summed E-state index contributed by atoms with van der Waals surface area (Å²) in [4.78, 5) is 28.1. The molecular weight excluding hydrogens is 440 g/mol. The van der Waals surface area contributed by atoms with Crippen molar-refractivity contribution in [3.63, 3.8) is 0 Å². The summed E-state index contributed by atoms with van der Waals surface area (Å²) in [6.07, 6.45) is 5.19. The standard InChI is InChI=1S/C27H28N6O2/c1-19-24(17-29-32(19)22-9-5-3-6-10-22)26(34)28-15-16-31(21-13-14-21)27(35)25-18-30-33(20(25)2)23-11-7-4-8-12-23/h3-12,17-18,21H,13-16H2,1-2H3,(H,28,34). The molecular formula is C27H28N6O2. The zero-order valence-corrected chi connectivity index (χ0v) is 19.9. The summed E-state index contributed by atoms with van der Waals surface area (Å²) in [6.45, 7) is 4.59. The van der Waals surface area contributed by atoms with Crippen LogP contribution in [0.4, 0.5) is 0 Å². The molecule has 0 atom stereocenters. The van der Waals surface area contributed by atoms with E-state index < -0.39 is 0 Å². The molecule has 0 aliphatic heterocycles. The van der Waals surface area contributed by atoms with E-state index in [0.29, 0.717) is 24.2 Å². The Kier molecular flexibility index (Phi) is 6.18. The minimum atomic E-state index is -0.194. The number of hydrogen-bond donors (Lipinski definition) is 1. The molecule has 1 aliphatic carbocycles. The van der Waals surface area contributed by atoms with Gasteiger partial charge in [0.25, 0.3) is 11.8 Å². The zero-order valence-electron chi connectivity index (χ0n) is 19.9. The normalized spacial score (nSPS) is 13.0. The highest BCUT2D eigenvalue weighted by molar-refractivity contribution is 5.96. The first-order valence-electron chi connectivity index (χ1n) is 11.8. The van der Waals surface area contributed by atoms with Crippen LogP contribution in [0.1, 0.15) is 44.9 Å². The number of aromatic nitrogens is 4. The van der Waals surface area contributed by atoms with Gasteiger partial charge in [-0.25, -0.2) is 9.36 Å². The van der Waals surface area contributed by atoms with Gasteiger partial charge in [0.15, 0.2) is 0 Å². The molecule has 1 N–H and O–H groups in total. The van der Waals surface area contributed by atoms with E-state index in [9.17, 15) is 9.59 Å². The van der Waals surface area contributed by atoms with E-state index in [4.69, 9.17) is 0 Å². The first kappa shape index (κ1) is 22.6. The molecule has 0 unspecified atom stereocenters. The van der Waals surface area contributed by atoms with Gasteiger partial charge >= 0.3 is 0 Å². The molecule has 0 radical (unpaired) electrons. The summed E-state index contributed by atoms with van der Waals surface area (Å²) in [5.74, 6) is -0.240. The number of rotatable bonds is 8. The zero-order chi connectivity index (χ0) is 24.4. The van der Waals surface area contributed by atoms with Crippen molar-refractivity contribution in [2.45, 2.75) is 32.7 Å². The van der Waals surface area contributed by atoms with E-state index in [0.717, 1.165) is 35.6 Å². The molecule has 0 bridgehead atoms. The number of benzene rings is 2. The van der Waals surface area contributed by atoms with Crippen LogP contribution in [0.15, 0.2) is 73.1 Å². The lowest BCUT2D eigenvalue weighted by molar-refractivity contribution is 0.0735. The van der Waals surface area contributed by atoms with Crippen molar-refractivity contribution in [1.82, 2.24) is 29.8 Å². The molecule has 2 aromatic heterocycles. The topological polar surface area (TPSA) is 85.1 Å². The molecule has 2 amide bonds. The molecule has 8 heteroatoms. The van der Waals surface area contributed by atoms with Crippen LogP contribution >= 0.6 is 0 Å². The molecule has 1 aliphatic rings. The third kappa shape index (κ3) is 4.59. The monoisotopic (exact) mass is 468 g/mol. The van der Waals surface area contributed by atoms with Crippen LogP contribution in [-0.4, -0.2) is 55.4 Å². The number of amides is 2. The summed E-state index contributed by atoms with van der Waals surface area (Å²) in [5, 5.41) is 11.8. The largest absolute Gasteiger partial charge is 0.350 e. The maximum Gasteiger partial charge on any atom is 0.257 e. The molecule has 35 heavy (non-hydrogen) atoms. The first-order chi connectivity index (χ1) is 17.0. The lowest BCUT2D eigenvalue weighted by Gasteiger charge is -2.22. The quantitative estimate of drug-likeness (QED) is 0.427. The van der Waals surface area contributed by atoms with Gasteiger partial charge in [-0.3, -0.25) is 9.59 Å². The van der Waals surface area contributed by atoms with Gasteiger partial charge in [-0.05, 0) is 51.0 Å². The third-order valence-electron chi connectivity index (χ3n) is 6.38. The first-order valence-corrected chi connectivity index (χ1v) is 11.8. The summed E-state index contributed by atoms with van der Waals surface area (Å²) < 4.78 is 3.54. The fraction of sp³-hybridized carbons (Fsp3) is 0.259. The minimum absolute atomic E-state index is 0.0468. The Morgan fingerprint density at radius 1 is 0.857 bits per heavy atom. The van der Waals surface area contributed by atoms with Crippen molar-refractivity contribution in [3.05, 3.63) is 95.6 Å². The van der Waals surface area contributed by atoms with Gasteiger partial charge in [0, 0.05) is 19.1 Å². The Bertz CT molecular complexity index is 1340. The average Bonchev–Trinajstić information content (AvgIpc) is 3.54. The highest BCUT2D eigenvalue weighted by atomic mass is 16.2. The van der Waals surface area contributed by atoms with Crippen LogP contribution in [0.5, 0.6) is 0 Å². The lowest BCUT2D eigenvalue weighted by Crippen LogP contribution is -2.40. The van der Waals surface area contributed by atoms with Crippen molar-refractivity contribution < 1.29 is 9.59 Å². The van der Waals surface area contributed by atoms with Crippen molar-refractivity contribution in [3.8, 4) is 11.4 Å². The highest BCUT2D eigenvalue weighted by Crippen LogP contribution is 2.29. The summed E-state index contributed by atoms with van der Waals surface area (Å²) >= 11 is 0. The Hall–Kier alpha value is -4.20. The molecule has 2 aromatic carbocycles. The van der Waals surface area contributed by atoms with E-state index >= 15 is 0 Å². The van der Waals surface area contributed by atoms with Gasteiger partial charge in [0.05, 0.1) is 46.3 Å². The Morgan fingerprint density at radius 3 is 1.91 bits per heavy atom. The fourth-order valence-electron chi connectivity index (χ4n) is 4.29. The van der Waals surface area contributed by atoms with Crippen LogP contribution in [0, 0.1) is 13.8 Å². The number of carbonyl (C=O) groups is 2. The lowest BCUT2D eigenvalue weighted by atomic mass is 10.2. The van der Waals surface area contributed by atoms with Crippen LogP contribution in [0.2, 0.25) is 0 Å². The van der Waals surface area contributed by atoms with Gasteiger partial charge in [-0.2, -0.15) is 10.2 Å². The number of carbonyl (C=O) groups excluding carboxylic acids is 2. The van der Waals surface area contributed by atoms with Crippen LogP contribution < -0.4 is 5.32 Å². The van der Waals surface area contributed by atoms with Gasteiger partial charge in [-0.1, -0.05) is 36.4 Å². The number of para-hydroxylation sites is 2. The van der Waals surface area contributed by atoms with Crippen molar-refractivity contribution in [2.24, 2.45) is 0 Å². The van der Waals surface area contributed by atoms with Crippen LogP contribution in [0.3, 0.4) is 0 Å². The maximum absolute atomic E-state index is 13.4. The molecule has 1 saturated carbocycles. The molecule has 0 saturated heterocycles. The van der Waals surface area contributed by atoms with Gasteiger partial charge in [0.2, 0.25) is 0 Å². The van der Waals surface area contributed by atoms with E-state index in [1.165, 1.54) is 0 Å². The second kappa shape index (κ2) is 9.58. The van der Waals surface area contributed by atoms with Gasteiger partial charge in [-0.15, -0.1) is 0 Å². The van der Waals surface area contributed by atoms with Crippen molar-refractivity contribution in [1.29, 1.82) is 0 Å². The molecule has 5 rings (SSSR count). The van der Waals surface area contributed by atoms with E-state index in [-0.39, 0.29) is 17.9 Å². The third-order valence-corrected chi connectivity index (χ3v) is 6.38. The fourth-order valence-corrected chi connectivity index (χ4v) is 4.29. The number of hydrogen-bond acceptors (Lipinski definition) is 4. The summed E-state index contributed by atoms with van der Waals surface area (Å²) in [5.41, 5.74) is 4.51. The molecule has 2 heterocycles. The van der Waals surface area contributed by atoms with Crippen LogP contribution in [0.25, 0.3) is 11.4 Å². The molecule has 4 aromatic rings. The number of nitrogens with one attached hydrogen (secondary N) is 1. The number of nitrogens with zero attached hydrogens (tertiary/aromatic N) is 5. The van der Waals surface area contributed by atoms with E-state index in [1.807, 2.05) is 79.4 Å². The van der Waals surface area contributed by atoms with Crippen molar-refractivity contribution in [2.75, 3.05) is 13.1 Å². The minimum Gasteiger partial charge on any atom is -0.350 e.